The van der Waals surface area contributed by atoms with Crippen molar-refractivity contribution >= 4 is 12.2 Å². The number of piperazine rings is 1. The van der Waals surface area contributed by atoms with E-state index in [1.807, 2.05) is 121 Å². The van der Waals surface area contributed by atoms with E-state index in [1.54, 1.807) is 9.80 Å². The minimum atomic E-state index is -0.509. The molecule has 192 valence electrons. The van der Waals surface area contributed by atoms with Crippen molar-refractivity contribution in [2.75, 3.05) is 26.2 Å². The van der Waals surface area contributed by atoms with E-state index in [2.05, 4.69) is 0 Å². The third-order valence-corrected chi connectivity index (χ3v) is 6.64. The molecule has 5 rings (SSSR count). The van der Waals surface area contributed by atoms with Crippen LogP contribution >= 0.6 is 0 Å². The van der Waals surface area contributed by atoms with E-state index >= 15 is 0 Å². The zero-order chi connectivity index (χ0) is 26.2. The molecule has 0 radical (unpaired) electrons. The van der Waals surface area contributed by atoms with Crippen LogP contribution in [-0.2, 0) is 9.47 Å². The van der Waals surface area contributed by atoms with Gasteiger partial charge in [0.2, 0.25) is 0 Å². The van der Waals surface area contributed by atoms with Crippen molar-refractivity contribution in [2.45, 2.75) is 12.2 Å². The van der Waals surface area contributed by atoms with Crippen molar-refractivity contribution in [1.82, 2.24) is 9.80 Å². The summed E-state index contributed by atoms with van der Waals surface area (Å²) in [5.74, 6) is 0. The van der Waals surface area contributed by atoms with Crippen LogP contribution in [-0.4, -0.2) is 48.2 Å². The van der Waals surface area contributed by atoms with Gasteiger partial charge in [0.1, 0.15) is 0 Å². The summed E-state index contributed by atoms with van der Waals surface area (Å²) in [6, 6.07) is 38.8. The number of ether oxygens (including phenoxy) is 2. The second kappa shape index (κ2) is 12.1. The fourth-order valence-corrected chi connectivity index (χ4v) is 4.59. The molecule has 6 nitrogen and oxygen atoms in total. The Labute approximate surface area is 223 Å². The number of benzene rings is 4. The Morgan fingerprint density at radius 1 is 0.447 bits per heavy atom. The summed E-state index contributed by atoms with van der Waals surface area (Å²) < 4.78 is 12.0. The lowest BCUT2D eigenvalue weighted by Crippen LogP contribution is -2.51. The summed E-state index contributed by atoms with van der Waals surface area (Å²) in [5, 5.41) is 0. The van der Waals surface area contributed by atoms with Gasteiger partial charge in [-0.15, -0.1) is 0 Å². The quantitative estimate of drug-likeness (QED) is 0.301. The lowest BCUT2D eigenvalue weighted by atomic mass is 10.0. The lowest BCUT2D eigenvalue weighted by Gasteiger charge is -2.35. The van der Waals surface area contributed by atoms with Crippen LogP contribution in [0, 0.1) is 0 Å². The summed E-state index contributed by atoms with van der Waals surface area (Å²) in [7, 11) is 0. The fourth-order valence-electron chi connectivity index (χ4n) is 4.59. The van der Waals surface area contributed by atoms with Crippen molar-refractivity contribution in [1.29, 1.82) is 0 Å². The van der Waals surface area contributed by atoms with Gasteiger partial charge in [0, 0.05) is 26.2 Å². The highest BCUT2D eigenvalue weighted by Gasteiger charge is 2.30. The molecule has 38 heavy (non-hydrogen) atoms. The molecular weight excluding hydrogens is 476 g/mol. The standard InChI is InChI=1S/C32H30N2O4/c35-31(37-29(25-13-5-1-6-14-25)26-15-7-2-8-16-26)33-21-23-34(24-22-33)32(36)38-30(27-17-9-3-10-18-27)28-19-11-4-12-20-28/h1-20,29-30H,21-24H2. The number of hydrogen-bond donors (Lipinski definition) is 0. The van der Waals surface area contributed by atoms with Crippen LogP contribution in [0.15, 0.2) is 121 Å². The zero-order valence-corrected chi connectivity index (χ0v) is 21.1. The van der Waals surface area contributed by atoms with E-state index < -0.39 is 24.4 Å². The third-order valence-electron chi connectivity index (χ3n) is 6.64. The third kappa shape index (κ3) is 6.03. The predicted molar refractivity (Wildman–Crippen MR) is 146 cm³/mol. The summed E-state index contributed by atoms with van der Waals surface area (Å²) >= 11 is 0. The van der Waals surface area contributed by atoms with Crippen LogP contribution in [0.5, 0.6) is 0 Å². The number of carbonyl (C=O) groups excluding carboxylic acids is 2. The van der Waals surface area contributed by atoms with Crippen LogP contribution in [0.3, 0.4) is 0 Å². The number of nitrogens with zero attached hydrogens (tertiary/aromatic N) is 2. The molecule has 6 heteroatoms. The highest BCUT2D eigenvalue weighted by Crippen LogP contribution is 2.28. The van der Waals surface area contributed by atoms with Gasteiger partial charge in [0.15, 0.2) is 12.2 Å². The fraction of sp³-hybridized carbons (Fsp3) is 0.188. The van der Waals surface area contributed by atoms with Gasteiger partial charge in [-0.25, -0.2) is 9.59 Å². The Balaban J connectivity index is 1.22. The molecule has 0 N–H and O–H groups in total. The molecule has 1 fully saturated rings. The molecule has 1 saturated heterocycles. The van der Waals surface area contributed by atoms with Crippen molar-refractivity contribution in [3.05, 3.63) is 144 Å². The molecule has 4 aromatic carbocycles. The molecule has 0 saturated carbocycles. The van der Waals surface area contributed by atoms with Crippen molar-refractivity contribution < 1.29 is 19.1 Å². The average molecular weight is 507 g/mol. The second-order valence-corrected chi connectivity index (χ2v) is 9.14. The first kappa shape index (κ1) is 25.1. The van der Waals surface area contributed by atoms with Gasteiger partial charge in [-0.1, -0.05) is 121 Å². The first-order valence-electron chi connectivity index (χ1n) is 12.8. The Kier molecular flexibility index (Phi) is 7.99. The Morgan fingerprint density at radius 3 is 0.921 bits per heavy atom. The van der Waals surface area contributed by atoms with Gasteiger partial charge < -0.3 is 19.3 Å². The first-order chi connectivity index (χ1) is 18.7. The molecule has 1 aliphatic heterocycles. The minimum absolute atomic E-state index is 0.367. The maximum atomic E-state index is 13.1. The molecule has 0 aliphatic carbocycles. The largest absolute Gasteiger partial charge is 0.436 e. The van der Waals surface area contributed by atoms with Gasteiger partial charge in [0.25, 0.3) is 0 Å². The van der Waals surface area contributed by atoms with E-state index in [9.17, 15) is 9.59 Å². The van der Waals surface area contributed by atoms with Crippen LogP contribution < -0.4 is 0 Å². The summed E-state index contributed by atoms with van der Waals surface area (Å²) in [6.07, 6.45) is -1.82. The van der Waals surface area contributed by atoms with Gasteiger partial charge in [0.05, 0.1) is 0 Å². The highest BCUT2D eigenvalue weighted by molar-refractivity contribution is 5.71. The molecule has 4 aromatic rings. The summed E-state index contributed by atoms with van der Waals surface area (Å²) in [4.78, 5) is 29.6. The molecule has 0 aromatic heterocycles. The number of amides is 2. The Bertz CT molecular complexity index is 1120. The van der Waals surface area contributed by atoms with Gasteiger partial charge in [-0.3, -0.25) is 0 Å². The van der Waals surface area contributed by atoms with Crippen molar-refractivity contribution in [3.63, 3.8) is 0 Å². The average Bonchev–Trinajstić information content (AvgIpc) is 3.00. The molecule has 0 unspecified atom stereocenters. The molecule has 0 atom stereocenters. The molecule has 0 spiro atoms. The molecule has 1 heterocycles. The van der Waals surface area contributed by atoms with Crippen molar-refractivity contribution in [2.24, 2.45) is 0 Å². The number of rotatable bonds is 6. The smallest absolute Gasteiger partial charge is 0.410 e. The second-order valence-electron chi connectivity index (χ2n) is 9.14. The minimum Gasteiger partial charge on any atom is -0.436 e. The van der Waals surface area contributed by atoms with E-state index in [4.69, 9.17) is 9.47 Å². The Morgan fingerprint density at radius 2 is 0.684 bits per heavy atom. The molecule has 1 aliphatic rings. The monoisotopic (exact) mass is 506 g/mol. The van der Waals surface area contributed by atoms with Crippen LogP contribution in [0.4, 0.5) is 9.59 Å². The highest BCUT2D eigenvalue weighted by atomic mass is 16.6. The molecular formula is C32H30N2O4. The number of hydrogen-bond acceptors (Lipinski definition) is 4. The van der Waals surface area contributed by atoms with E-state index in [0.717, 1.165) is 22.3 Å². The zero-order valence-electron chi connectivity index (χ0n) is 21.1. The summed E-state index contributed by atoms with van der Waals surface area (Å²) in [5.41, 5.74) is 3.62. The van der Waals surface area contributed by atoms with Crippen LogP contribution in [0.2, 0.25) is 0 Å². The maximum absolute atomic E-state index is 13.1. The van der Waals surface area contributed by atoms with Gasteiger partial charge >= 0.3 is 12.2 Å². The van der Waals surface area contributed by atoms with E-state index in [-0.39, 0.29) is 0 Å². The maximum Gasteiger partial charge on any atom is 0.410 e. The SMILES string of the molecule is O=C(OC(c1ccccc1)c1ccccc1)N1CCN(C(=O)OC(c2ccccc2)c2ccccc2)CC1. The molecule has 0 bridgehead atoms. The lowest BCUT2D eigenvalue weighted by molar-refractivity contribution is 0.0410. The van der Waals surface area contributed by atoms with Crippen LogP contribution in [0.1, 0.15) is 34.5 Å². The van der Waals surface area contributed by atoms with Gasteiger partial charge in [-0.2, -0.15) is 0 Å². The van der Waals surface area contributed by atoms with Crippen LogP contribution in [0.25, 0.3) is 0 Å². The summed E-state index contributed by atoms with van der Waals surface area (Å²) in [6.45, 7) is 1.47. The predicted octanol–water partition coefficient (Wildman–Crippen LogP) is 6.46. The normalized spacial score (nSPS) is 13.4. The number of carbonyl (C=O) groups is 2. The van der Waals surface area contributed by atoms with Crippen molar-refractivity contribution in [3.8, 4) is 0 Å². The Hall–Kier alpha value is -4.58. The van der Waals surface area contributed by atoms with Gasteiger partial charge in [-0.05, 0) is 22.3 Å². The molecule has 2 amide bonds. The van der Waals surface area contributed by atoms with E-state index in [1.165, 1.54) is 0 Å². The first-order valence-corrected chi connectivity index (χ1v) is 12.8. The topological polar surface area (TPSA) is 59.1 Å². The van der Waals surface area contributed by atoms with E-state index in [0.29, 0.717) is 26.2 Å².